The van der Waals surface area contributed by atoms with Gasteiger partial charge >= 0.3 is 18.2 Å². The predicted molar refractivity (Wildman–Crippen MR) is 82.0 cm³/mol. The van der Waals surface area contributed by atoms with Crippen LogP contribution >= 0.6 is 0 Å². The molecule has 0 saturated carbocycles. The molecule has 0 aliphatic carbocycles. The molecule has 2 aliphatic heterocycles. The first-order valence-corrected chi connectivity index (χ1v) is 7.96. The van der Waals surface area contributed by atoms with Gasteiger partial charge < -0.3 is 24.8 Å². The number of hydrogen-bond donors (Lipinski definition) is 2. The summed E-state index contributed by atoms with van der Waals surface area (Å²) in [5.74, 6) is -4.22. The number of alkyl halides is 3. The lowest BCUT2D eigenvalue weighted by Gasteiger charge is -2.27. The molecule has 7 nitrogen and oxygen atoms in total. The van der Waals surface area contributed by atoms with Crippen molar-refractivity contribution < 1.29 is 37.3 Å². The highest BCUT2D eigenvalue weighted by atomic mass is 19.4. The van der Waals surface area contributed by atoms with Gasteiger partial charge in [-0.1, -0.05) is 12.1 Å². The Bertz CT molecular complexity index is 697. The van der Waals surface area contributed by atoms with E-state index >= 15 is 0 Å². The quantitative estimate of drug-likeness (QED) is 0.841. The molecule has 1 unspecified atom stereocenters. The van der Waals surface area contributed by atoms with Crippen LogP contribution in [0.4, 0.5) is 18.0 Å². The second-order valence-electron chi connectivity index (χ2n) is 6.18. The van der Waals surface area contributed by atoms with E-state index in [0.717, 1.165) is 4.90 Å². The molecular weight excluding hydrogens is 357 g/mol. The second-order valence-corrected chi connectivity index (χ2v) is 6.18. The summed E-state index contributed by atoms with van der Waals surface area (Å²) in [7, 11) is 0. The zero-order valence-corrected chi connectivity index (χ0v) is 13.5. The summed E-state index contributed by atoms with van der Waals surface area (Å²) >= 11 is 0. The van der Waals surface area contributed by atoms with Crippen LogP contribution in [0.1, 0.15) is 0 Å². The minimum absolute atomic E-state index is 0.0259. The number of carboxylic acid groups (broad SMARTS) is 1. The largest absolute Gasteiger partial charge is 0.486 e. The highest BCUT2D eigenvalue weighted by Gasteiger charge is 2.53. The van der Waals surface area contributed by atoms with Crippen molar-refractivity contribution in [1.82, 2.24) is 10.2 Å². The molecule has 3 atom stereocenters. The molecular formula is C16H17F3N2O5. The van der Waals surface area contributed by atoms with Gasteiger partial charge in [-0.25, -0.2) is 4.79 Å². The fourth-order valence-electron chi connectivity index (χ4n) is 3.03. The standard InChI is InChI=1S/C16H17F3N2O5/c17-16(18,19)11-7-21(6-10(11)14(22)23)15(24)20-5-9-8-25-12-3-1-2-4-13(12)26-9/h1-4,9-11H,5-8H2,(H,20,24)(H,22,23)/t9?,10-,11-/m1/s1. The number of nitrogens with zero attached hydrogens (tertiary/aromatic N) is 1. The summed E-state index contributed by atoms with van der Waals surface area (Å²) in [5.41, 5.74) is 0. The number of amides is 2. The molecule has 1 fully saturated rings. The number of rotatable bonds is 3. The molecule has 2 heterocycles. The Labute approximate surface area is 146 Å². The van der Waals surface area contributed by atoms with Crippen LogP contribution in [0.2, 0.25) is 0 Å². The third-order valence-corrected chi connectivity index (χ3v) is 4.39. The van der Waals surface area contributed by atoms with Crippen LogP contribution < -0.4 is 14.8 Å². The number of benzene rings is 1. The van der Waals surface area contributed by atoms with Gasteiger partial charge in [0.1, 0.15) is 6.61 Å². The van der Waals surface area contributed by atoms with E-state index in [9.17, 15) is 22.8 Å². The van der Waals surface area contributed by atoms with Crippen LogP contribution in [0, 0.1) is 11.8 Å². The van der Waals surface area contributed by atoms with E-state index in [0.29, 0.717) is 11.5 Å². The van der Waals surface area contributed by atoms with Crippen molar-refractivity contribution in [3.63, 3.8) is 0 Å². The fourth-order valence-corrected chi connectivity index (χ4v) is 3.03. The van der Waals surface area contributed by atoms with E-state index in [2.05, 4.69) is 5.32 Å². The Morgan fingerprint density at radius 2 is 1.92 bits per heavy atom. The van der Waals surface area contributed by atoms with Crippen molar-refractivity contribution in [2.24, 2.45) is 11.8 Å². The molecule has 10 heteroatoms. The minimum Gasteiger partial charge on any atom is -0.486 e. The number of urea groups is 1. The summed E-state index contributed by atoms with van der Waals surface area (Å²) in [6, 6.07) is 6.22. The number of likely N-dealkylation sites (tertiary alicyclic amines) is 1. The molecule has 142 valence electrons. The van der Waals surface area contributed by atoms with Gasteiger partial charge in [0.15, 0.2) is 17.6 Å². The SMILES string of the molecule is O=C(O)[C@@H]1CN(C(=O)NCC2COc3ccccc3O2)C[C@H]1C(F)(F)F. The summed E-state index contributed by atoms with van der Waals surface area (Å²) < 4.78 is 50.0. The van der Waals surface area contributed by atoms with Gasteiger partial charge in [-0.3, -0.25) is 4.79 Å². The molecule has 0 radical (unpaired) electrons. The van der Waals surface area contributed by atoms with Gasteiger partial charge in [0, 0.05) is 13.1 Å². The number of carbonyl (C=O) groups excluding carboxylic acids is 1. The summed E-state index contributed by atoms with van der Waals surface area (Å²) in [6.07, 6.45) is -5.17. The lowest BCUT2D eigenvalue weighted by atomic mass is 9.96. The van der Waals surface area contributed by atoms with E-state index in [1.165, 1.54) is 0 Å². The minimum atomic E-state index is -4.68. The second kappa shape index (κ2) is 6.93. The average molecular weight is 374 g/mol. The maximum atomic E-state index is 13.0. The lowest BCUT2D eigenvalue weighted by Crippen LogP contribution is -2.46. The van der Waals surface area contributed by atoms with Crippen LogP contribution in [-0.4, -0.2) is 60.5 Å². The number of fused-ring (bicyclic) bond motifs is 1. The van der Waals surface area contributed by atoms with Gasteiger partial charge in [0.25, 0.3) is 0 Å². The number of para-hydroxylation sites is 2. The third-order valence-electron chi connectivity index (χ3n) is 4.39. The smallest absolute Gasteiger partial charge is 0.394 e. The Balaban J connectivity index is 1.55. The van der Waals surface area contributed by atoms with Gasteiger partial charge in [-0.15, -0.1) is 0 Å². The van der Waals surface area contributed by atoms with Crippen molar-refractivity contribution >= 4 is 12.0 Å². The molecule has 26 heavy (non-hydrogen) atoms. The van der Waals surface area contributed by atoms with Gasteiger partial charge in [-0.05, 0) is 12.1 Å². The van der Waals surface area contributed by atoms with Gasteiger partial charge in [-0.2, -0.15) is 13.2 Å². The zero-order valence-electron chi connectivity index (χ0n) is 13.5. The topological polar surface area (TPSA) is 88.1 Å². The van der Waals surface area contributed by atoms with Crippen molar-refractivity contribution in [3.05, 3.63) is 24.3 Å². The van der Waals surface area contributed by atoms with Crippen molar-refractivity contribution in [1.29, 1.82) is 0 Å². The number of ether oxygens (including phenoxy) is 2. The average Bonchev–Trinajstić information content (AvgIpc) is 3.05. The Morgan fingerprint density at radius 3 is 2.54 bits per heavy atom. The van der Waals surface area contributed by atoms with Crippen LogP contribution in [0.5, 0.6) is 11.5 Å². The van der Waals surface area contributed by atoms with Crippen LogP contribution in [0.3, 0.4) is 0 Å². The summed E-state index contributed by atoms with van der Waals surface area (Å²) in [5, 5.41) is 11.5. The third kappa shape index (κ3) is 3.78. The van der Waals surface area contributed by atoms with Crippen LogP contribution in [0.25, 0.3) is 0 Å². The van der Waals surface area contributed by atoms with E-state index in [-0.39, 0.29) is 13.2 Å². The summed E-state index contributed by atoms with van der Waals surface area (Å²) in [6.45, 7) is -0.967. The number of carbonyl (C=O) groups is 2. The maximum absolute atomic E-state index is 13.0. The molecule has 2 N–H and O–H groups in total. The van der Waals surface area contributed by atoms with Crippen LogP contribution in [-0.2, 0) is 4.79 Å². The number of aliphatic carboxylic acids is 1. The summed E-state index contributed by atoms with van der Waals surface area (Å²) in [4.78, 5) is 24.1. The van der Waals surface area contributed by atoms with Crippen molar-refractivity contribution in [3.8, 4) is 11.5 Å². The van der Waals surface area contributed by atoms with E-state index in [4.69, 9.17) is 14.6 Å². The first kappa shape index (κ1) is 18.2. The molecule has 2 amide bonds. The van der Waals surface area contributed by atoms with E-state index < -0.39 is 49.2 Å². The molecule has 1 aromatic carbocycles. The molecule has 2 aliphatic rings. The van der Waals surface area contributed by atoms with E-state index in [1.54, 1.807) is 24.3 Å². The molecule has 0 spiro atoms. The highest BCUT2D eigenvalue weighted by Crippen LogP contribution is 2.37. The normalized spacial score (nSPS) is 25.0. The Kier molecular flexibility index (Phi) is 4.84. The number of halogens is 3. The molecule has 3 rings (SSSR count). The zero-order chi connectivity index (χ0) is 18.9. The first-order valence-electron chi connectivity index (χ1n) is 7.96. The van der Waals surface area contributed by atoms with E-state index in [1.807, 2.05) is 0 Å². The number of hydrogen-bond acceptors (Lipinski definition) is 4. The molecule has 0 bridgehead atoms. The number of nitrogens with one attached hydrogen (secondary N) is 1. The Hall–Kier alpha value is -2.65. The Morgan fingerprint density at radius 1 is 1.23 bits per heavy atom. The monoisotopic (exact) mass is 374 g/mol. The van der Waals surface area contributed by atoms with Gasteiger partial charge in [0.05, 0.1) is 18.4 Å². The van der Waals surface area contributed by atoms with Gasteiger partial charge in [0.2, 0.25) is 0 Å². The molecule has 1 aromatic rings. The first-order chi connectivity index (χ1) is 12.3. The van der Waals surface area contributed by atoms with Crippen molar-refractivity contribution in [2.75, 3.05) is 26.2 Å². The van der Waals surface area contributed by atoms with Crippen LogP contribution in [0.15, 0.2) is 24.3 Å². The fraction of sp³-hybridized carbons (Fsp3) is 0.500. The number of carboxylic acids is 1. The lowest BCUT2D eigenvalue weighted by molar-refractivity contribution is -0.187. The predicted octanol–water partition coefficient (Wildman–Crippen LogP) is 1.73. The highest BCUT2D eigenvalue weighted by molar-refractivity contribution is 5.77. The molecule has 1 saturated heterocycles. The maximum Gasteiger partial charge on any atom is 0.394 e. The molecule has 0 aromatic heterocycles. The van der Waals surface area contributed by atoms with Crippen molar-refractivity contribution in [2.45, 2.75) is 12.3 Å².